The largest absolute Gasteiger partial charge is 0.477 e. The summed E-state index contributed by atoms with van der Waals surface area (Å²) in [5.41, 5.74) is 2.41. The van der Waals surface area contributed by atoms with Gasteiger partial charge < -0.3 is 10.1 Å². The molecule has 1 aliphatic heterocycles. The van der Waals surface area contributed by atoms with Gasteiger partial charge in [0.2, 0.25) is 5.88 Å². The van der Waals surface area contributed by atoms with Crippen molar-refractivity contribution in [2.45, 2.75) is 51.9 Å². The average molecular weight is 275 g/mol. The van der Waals surface area contributed by atoms with Crippen LogP contribution in [0.1, 0.15) is 49.2 Å². The maximum Gasteiger partial charge on any atom is 0.220 e. The molecule has 2 aliphatic rings. The highest BCUT2D eigenvalue weighted by molar-refractivity contribution is 5.32. The van der Waals surface area contributed by atoms with Crippen LogP contribution in [0.5, 0.6) is 5.88 Å². The third-order valence-electron chi connectivity index (χ3n) is 4.50. The Bertz CT molecular complexity index is 455. The first-order chi connectivity index (χ1) is 9.83. The van der Waals surface area contributed by atoms with Crippen LogP contribution in [0.3, 0.4) is 0 Å². The Kier molecular flexibility index (Phi) is 4.51. The van der Waals surface area contributed by atoms with Crippen LogP contribution in [0.25, 0.3) is 0 Å². The van der Waals surface area contributed by atoms with Crippen LogP contribution in [0.15, 0.2) is 0 Å². The van der Waals surface area contributed by atoms with Crippen LogP contribution in [-0.4, -0.2) is 29.7 Å². The zero-order valence-corrected chi connectivity index (χ0v) is 12.5. The summed E-state index contributed by atoms with van der Waals surface area (Å²) in [5.74, 6) is 2.55. The number of aromatic nitrogens is 2. The van der Waals surface area contributed by atoms with Gasteiger partial charge in [-0.3, -0.25) is 0 Å². The van der Waals surface area contributed by atoms with Gasteiger partial charge in [-0.2, -0.15) is 4.98 Å². The topological polar surface area (TPSA) is 47.0 Å². The molecule has 0 aromatic carbocycles. The molecule has 1 aromatic rings. The Morgan fingerprint density at radius 3 is 2.80 bits per heavy atom. The van der Waals surface area contributed by atoms with E-state index in [2.05, 4.69) is 15.3 Å². The summed E-state index contributed by atoms with van der Waals surface area (Å²) in [5, 5.41) is 3.42. The van der Waals surface area contributed by atoms with E-state index >= 15 is 0 Å². The molecule has 0 unspecified atom stereocenters. The summed E-state index contributed by atoms with van der Waals surface area (Å²) in [6, 6.07) is 0. The summed E-state index contributed by atoms with van der Waals surface area (Å²) in [7, 11) is 0. The molecule has 0 bridgehead atoms. The van der Waals surface area contributed by atoms with Crippen molar-refractivity contribution >= 4 is 0 Å². The molecule has 3 rings (SSSR count). The first-order valence-corrected chi connectivity index (χ1v) is 8.03. The smallest absolute Gasteiger partial charge is 0.220 e. The van der Waals surface area contributed by atoms with Gasteiger partial charge >= 0.3 is 0 Å². The molecule has 0 saturated heterocycles. The molecule has 4 nitrogen and oxygen atoms in total. The molecule has 1 saturated carbocycles. The van der Waals surface area contributed by atoms with Gasteiger partial charge in [-0.25, -0.2) is 4.98 Å². The van der Waals surface area contributed by atoms with Crippen LogP contribution in [0.2, 0.25) is 0 Å². The maximum atomic E-state index is 6.02. The summed E-state index contributed by atoms with van der Waals surface area (Å²) in [4.78, 5) is 9.12. The van der Waals surface area contributed by atoms with E-state index in [1.54, 1.807) is 0 Å². The minimum absolute atomic E-state index is 0.807. The van der Waals surface area contributed by atoms with Gasteiger partial charge in [0.1, 0.15) is 5.82 Å². The third-order valence-corrected chi connectivity index (χ3v) is 4.50. The van der Waals surface area contributed by atoms with Crippen molar-refractivity contribution in [3.8, 4) is 5.88 Å². The van der Waals surface area contributed by atoms with Gasteiger partial charge in [0.05, 0.1) is 12.3 Å². The second kappa shape index (κ2) is 6.53. The van der Waals surface area contributed by atoms with Crippen molar-refractivity contribution in [1.82, 2.24) is 15.3 Å². The fraction of sp³-hybridized carbons (Fsp3) is 0.750. The number of fused-ring (bicyclic) bond motifs is 1. The number of nitrogens with one attached hydrogen (secondary N) is 1. The molecule has 1 N–H and O–H groups in total. The molecule has 0 spiro atoms. The van der Waals surface area contributed by atoms with E-state index in [4.69, 9.17) is 4.74 Å². The molecule has 0 radical (unpaired) electrons. The van der Waals surface area contributed by atoms with Gasteiger partial charge in [0.15, 0.2) is 0 Å². The van der Waals surface area contributed by atoms with Crippen molar-refractivity contribution in [2.75, 3.05) is 19.7 Å². The van der Waals surface area contributed by atoms with Crippen molar-refractivity contribution in [2.24, 2.45) is 5.92 Å². The van der Waals surface area contributed by atoms with E-state index in [1.807, 2.05) is 6.92 Å². The molecule has 1 aliphatic carbocycles. The molecule has 2 heterocycles. The summed E-state index contributed by atoms with van der Waals surface area (Å²) < 4.78 is 6.02. The van der Waals surface area contributed by atoms with Crippen LogP contribution < -0.4 is 10.1 Å². The quantitative estimate of drug-likeness (QED) is 0.917. The maximum absolute atomic E-state index is 6.02. The highest BCUT2D eigenvalue weighted by atomic mass is 16.5. The van der Waals surface area contributed by atoms with Crippen LogP contribution in [0.4, 0.5) is 0 Å². The highest BCUT2D eigenvalue weighted by Crippen LogP contribution is 2.28. The van der Waals surface area contributed by atoms with E-state index < -0.39 is 0 Å². The summed E-state index contributed by atoms with van der Waals surface area (Å²) in [6.07, 6.45) is 8.71. The highest BCUT2D eigenvalue weighted by Gasteiger charge is 2.18. The second-order valence-corrected chi connectivity index (χ2v) is 6.04. The van der Waals surface area contributed by atoms with E-state index in [9.17, 15) is 0 Å². The Morgan fingerprint density at radius 1 is 1.15 bits per heavy atom. The number of ether oxygens (including phenoxy) is 1. The summed E-state index contributed by atoms with van der Waals surface area (Å²) in [6.45, 7) is 4.77. The minimum Gasteiger partial charge on any atom is -0.477 e. The number of rotatable bonds is 4. The Hall–Kier alpha value is -1.16. The fourth-order valence-electron chi connectivity index (χ4n) is 3.37. The van der Waals surface area contributed by atoms with Crippen LogP contribution >= 0.6 is 0 Å². The number of nitrogens with zero attached hydrogens (tertiary/aromatic N) is 2. The lowest BCUT2D eigenvalue weighted by atomic mass is 10.1. The van der Waals surface area contributed by atoms with Gasteiger partial charge in [0, 0.05) is 18.5 Å². The molecule has 1 aromatic heterocycles. The SMILES string of the molecule is Cc1nc2c(c(OCCC3CCCC3)n1)CCNCC2. The third kappa shape index (κ3) is 3.29. The van der Waals surface area contributed by atoms with Crippen molar-refractivity contribution < 1.29 is 4.74 Å². The molecular formula is C16H25N3O. The lowest BCUT2D eigenvalue weighted by Crippen LogP contribution is -2.16. The Labute approximate surface area is 121 Å². The lowest BCUT2D eigenvalue weighted by molar-refractivity contribution is 0.266. The number of hydrogen-bond acceptors (Lipinski definition) is 4. The second-order valence-electron chi connectivity index (χ2n) is 6.04. The normalized spacial score (nSPS) is 19.6. The molecule has 4 heteroatoms. The Morgan fingerprint density at radius 2 is 1.95 bits per heavy atom. The molecule has 1 fully saturated rings. The van der Waals surface area contributed by atoms with E-state index in [-0.39, 0.29) is 0 Å². The number of hydrogen-bond donors (Lipinski definition) is 1. The summed E-state index contributed by atoms with van der Waals surface area (Å²) >= 11 is 0. The zero-order chi connectivity index (χ0) is 13.8. The zero-order valence-electron chi connectivity index (χ0n) is 12.5. The molecule has 110 valence electrons. The predicted octanol–water partition coefficient (Wildman–Crippen LogP) is 2.43. The molecule has 0 amide bonds. The predicted molar refractivity (Wildman–Crippen MR) is 79.1 cm³/mol. The molecular weight excluding hydrogens is 250 g/mol. The van der Waals surface area contributed by atoms with E-state index in [1.165, 1.54) is 43.4 Å². The minimum atomic E-state index is 0.807. The number of aryl methyl sites for hydroxylation is 1. The van der Waals surface area contributed by atoms with Gasteiger partial charge in [0.25, 0.3) is 0 Å². The Balaban J connectivity index is 1.66. The standard InChI is InChI=1S/C16H25N3O/c1-12-18-15-7-10-17-9-6-14(15)16(19-12)20-11-8-13-4-2-3-5-13/h13,17H,2-11H2,1H3. The lowest BCUT2D eigenvalue weighted by Gasteiger charge is -2.14. The average Bonchev–Trinajstić information content (AvgIpc) is 2.83. The van der Waals surface area contributed by atoms with Gasteiger partial charge in [-0.15, -0.1) is 0 Å². The van der Waals surface area contributed by atoms with Gasteiger partial charge in [-0.05, 0) is 32.2 Å². The van der Waals surface area contributed by atoms with Crippen LogP contribution in [0, 0.1) is 12.8 Å². The van der Waals surface area contributed by atoms with E-state index in [0.717, 1.165) is 50.2 Å². The molecule has 20 heavy (non-hydrogen) atoms. The van der Waals surface area contributed by atoms with Crippen molar-refractivity contribution in [1.29, 1.82) is 0 Å². The first kappa shape index (κ1) is 13.8. The van der Waals surface area contributed by atoms with Crippen molar-refractivity contribution in [3.05, 3.63) is 17.1 Å². The van der Waals surface area contributed by atoms with Gasteiger partial charge in [-0.1, -0.05) is 25.7 Å². The first-order valence-electron chi connectivity index (χ1n) is 8.03. The monoisotopic (exact) mass is 275 g/mol. The molecule has 0 atom stereocenters. The van der Waals surface area contributed by atoms with E-state index in [0.29, 0.717) is 0 Å². The fourth-order valence-corrected chi connectivity index (χ4v) is 3.37. The van der Waals surface area contributed by atoms with Crippen molar-refractivity contribution in [3.63, 3.8) is 0 Å². The van der Waals surface area contributed by atoms with Crippen LogP contribution in [-0.2, 0) is 12.8 Å².